The number of carbonyl (C=O) groups excluding carboxylic acids is 2. The number of carbonyl (C=O) groups is 2. The minimum Gasteiger partial charge on any atom is -0.462 e. The van der Waals surface area contributed by atoms with Crippen LogP contribution < -0.4 is 14.5 Å². The molecule has 2 heterocycles. The van der Waals surface area contributed by atoms with Crippen molar-refractivity contribution in [3.05, 3.63) is 52.2 Å². The molecule has 1 fully saturated rings. The molecule has 0 spiro atoms. The summed E-state index contributed by atoms with van der Waals surface area (Å²) < 4.78 is 37.8. The molecule has 0 aromatic heterocycles. The van der Waals surface area contributed by atoms with Crippen molar-refractivity contribution in [3.8, 4) is 11.5 Å². The maximum Gasteiger partial charge on any atom is 0.524 e. The smallest absolute Gasteiger partial charge is 0.462 e. The highest BCUT2D eigenvalue weighted by molar-refractivity contribution is 7.47. The van der Waals surface area contributed by atoms with E-state index in [4.69, 9.17) is 21.2 Å². The highest BCUT2D eigenvalue weighted by atomic mass is 35.5. The lowest BCUT2D eigenvalue weighted by molar-refractivity contribution is -0.139. The molecule has 5 N–H and O–H groups in total. The van der Waals surface area contributed by atoms with Gasteiger partial charge in [-0.1, -0.05) is 29.8 Å². The summed E-state index contributed by atoms with van der Waals surface area (Å²) in [7, 11) is -10.5. The topological polar surface area (TPSA) is 201 Å². The van der Waals surface area contributed by atoms with E-state index >= 15 is 0 Å². The number of phosphoric ester groups is 2. The van der Waals surface area contributed by atoms with Gasteiger partial charge in [0, 0.05) is 24.7 Å². The Hall–Kier alpha value is -2.67. The van der Waals surface area contributed by atoms with Gasteiger partial charge >= 0.3 is 21.6 Å². The number of piperidine rings is 1. The second kappa shape index (κ2) is 15.0. The quantitative estimate of drug-likeness (QED) is 0.120. The van der Waals surface area contributed by atoms with Crippen molar-refractivity contribution in [1.29, 1.82) is 0 Å². The lowest BCUT2D eigenvalue weighted by atomic mass is 10.0. The predicted octanol–water partition coefficient (Wildman–Crippen LogP) is 3.61. The fraction of sp³-hybridized carbons (Fsp3) is 0.417. The number of hydroxylamine groups is 1. The Morgan fingerprint density at radius 1 is 0.976 bits per heavy atom. The molecule has 0 radical (unpaired) electrons. The first-order valence-corrected chi connectivity index (χ1v) is 16.0. The Kier molecular flexibility index (Phi) is 12.0. The molecule has 1 aromatic rings. The third-order valence-electron chi connectivity index (χ3n) is 5.75. The molecular formula is C24H31ClN2O12P2. The molecule has 17 heteroatoms. The van der Waals surface area contributed by atoms with Gasteiger partial charge < -0.3 is 18.7 Å². The summed E-state index contributed by atoms with van der Waals surface area (Å²) in [5.41, 5.74) is 1.83. The van der Waals surface area contributed by atoms with Crippen molar-refractivity contribution in [1.82, 2.24) is 10.4 Å². The number of rotatable bonds is 8. The van der Waals surface area contributed by atoms with E-state index in [-0.39, 0.29) is 30.4 Å². The minimum atomic E-state index is -5.31. The zero-order valence-corrected chi connectivity index (χ0v) is 24.4. The molecule has 1 saturated heterocycles. The zero-order valence-electron chi connectivity index (χ0n) is 21.8. The van der Waals surface area contributed by atoms with Crippen molar-refractivity contribution < 1.29 is 56.9 Å². The van der Waals surface area contributed by atoms with Gasteiger partial charge in [-0.2, -0.15) is 0 Å². The molecule has 1 amide bonds. The molecule has 2 aliphatic heterocycles. The molecule has 0 saturated carbocycles. The number of ether oxygens (including phenoxy) is 1. The second-order valence-electron chi connectivity index (χ2n) is 8.95. The normalized spacial score (nSPS) is 18.4. The Bertz CT molecular complexity index is 1300. The maximum absolute atomic E-state index is 13.1. The molecule has 0 bridgehead atoms. The molecule has 41 heavy (non-hydrogen) atoms. The van der Waals surface area contributed by atoms with Crippen molar-refractivity contribution in [2.75, 3.05) is 26.3 Å². The first kappa shape index (κ1) is 32.8. The van der Waals surface area contributed by atoms with Gasteiger partial charge in [0.2, 0.25) is 0 Å². The fourth-order valence-corrected chi connectivity index (χ4v) is 5.08. The summed E-state index contributed by atoms with van der Waals surface area (Å²) in [5.74, 6) is -2.89. The van der Waals surface area contributed by atoms with Gasteiger partial charge in [-0.15, -0.1) is 0 Å². The third-order valence-corrected chi connectivity index (χ3v) is 7.00. The number of likely N-dealkylation sites (tertiary alicyclic amines) is 1. The van der Waals surface area contributed by atoms with Gasteiger partial charge in [0.15, 0.2) is 18.1 Å². The van der Waals surface area contributed by atoms with Crippen LogP contribution in [0.4, 0.5) is 0 Å². The maximum atomic E-state index is 13.1. The summed E-state index contributed by atoms with van der Waals surface area (Å²) in [6, 6.07) is 0.661. The van der Waals surface area contributed by atoms with Gasteiger partial charge in [-0.3, -0.25) is 34.7 Å². The number of amides is 1. The summed E-state index contributed by atoms with van der Waals surface area (Å²) >= 11 is 6.41. The van der Waals surface area contributed by atoms with Gasteiger partial charge in [0.25, 0.3) is 5.91 Å². The molecule has 2 aliphatic rings. The molecule has 14 nitrogen and oxygen atoms in total. The van der Waals surface area contributed by atoms with Crippen LogP contribution in [0, 0.1) is 0 Å². The summed E-state index contributed by atoms with van der Waals surface area (Å²) in [4.78, 5) is 70.4. The van der Waals surface area contributed by atoms with Gasteiger partial charge in [0.1, 0.15) is 5.56 Å². The van der Waals surface area contributed by atoms with Crippen LogP contribution in [0.25, 0.3) is 6.08 Å². The number of nitrogens with one attached hydrogen (secondary N) is 1. The van der Waals surface area contributed by atoms with Gasteiger partial charge in [0.05, 0.1) is 17.3 Å². The molecule has 0 aliphatic carbocycles. The van der Waals surface area contributed by atoms with E-state index in [0.717, 1.165) is 19.3 Å². The Labute approximate surface area is 241 Å². The fourth-order valence-electron chi connectivity index (χ4n) is 3.98. The summed E-state index contributed by atoms with van der Waals surface area (Å²) in [5, 5.41) is -0.512. The van der Waals surface area contributed by atoms with Crippen LogP contribution in [0.5, 0.6) is 11.5 Å². The minimum absolute atomic E-state index is 0.102. The zero-order chi connectivity index (χ0) is 30.0. The number of cyclic esters (lactones) is 1. The van der Waals surface area contributed by atoms with Crippen LogP contribution >= 0.6 is 27.2 Å². The number of hydrogen-bond donors (Lipinski definition) is 5. The third kappa shape index (κ3) is 10.9. The van der Waals surface area contributed by atoms with E-state index < -0.39 is 43.7 Å². The van der Waals surface area contributed by atoms with Gasteiger partial charge in [-0.05, 0) is 50.7 Å². The Morgan fingerprint density at radius 3 is 2.29 bits per heavy atom. The van der Waals surface area contributed by atoms with Crippen LogP contribution in [-0.2, 0) is 23.5 Å². The number of hydrogen-bond acceptors (Lipinski definition) is 9. The van der Waals surface area contributed by atoms with Crippen LogP contribution in [0.15, 0.2) is 36.1 Å². The molecule has 1 aromatic carbocycles. The van der Waals surface area contributed by atoms with Crippen molar-refractivity contribution in [3.63, 3.8) is 0 Å². The number of nitrogens with zero attached hydrogens (tertiary/aromatic N) is 1. The van der Waals surface area contributed by atoms with E-state index in [1.165, 1.54) is 12.2 Å². The number of halogens is 1. The standard InChI is InChI=1S/C24H31ClN2O12P2/c25-23-18-14-17(26-37-16-21(28)27-11-7-5-8-12-27)10-6-3-1-2-4-9-13-36-24(29)22(18)19(38-40(30,31)32)15-20(23)39-41(33,34)35/h2,4,6,10,14-15,26H,1,3,5,7-9,11-13,16H2,(H2,30,31,32)(H2,33,34,35)/b4-2?,10-6?,17-14-. The first-order chi connectivity index (χ1) is 19.3. The van der Waals surface area contributed by atoms with Crippen molar-refractivity contribution in [2.24, 2.45) is 0 Å². The Balaban J connectivity index is 2.09. The summed E-state index contributed by atoms with van der Waals surface area (Å²) in [6.45, 7) is 0.807. The number of benzene rings is 1. The molecule has 0 unspecified atom stereocenters. The summed E-state index contributed by atoms with van der Waals surface area (Å²) in [6.07, 6.45) is 12.6. The molecule has 226 valence electrons. The largest absolute Gasteiger partial charge is 0.524 e. The first-order valence-electron chi connectivity index (χ1n) is 12.6. The molecule has 3 rings (SSSR count). The highest BCUT2D eigenvalue weighted by Crippen LogP contribution is 2.49. The number of allylic oxidation sites excluding steroid dienone is 3. The van der Waals surface area contributed by atoms with E-state index in [2.05, 4.69) is 14.5 Å². The van der Waals surface area contributed by atoms with Crippen molar-refractivity contribution >= 4 is 45.2 Å². The van der Waals surface area contributed by atoms with Crippen LogP contribution in [0.3, 0.4) is 0 Å². The highest BCUT2D eigenvalue weighted by Gasteiger charge is 2.31. The van der Waals surface area contributed by atoms with E-state index in [0.29, 0.717) is 38.4 Å². The van der Waals surface area contributed by atoms with E-state index in [1.807, 2.05) is 6.08 Å². The van der Waals surface area contributed by atoms with Crippen LogP contribution in [0.2, 0.25) is 5.02 Å². The predicted molar refractivity (Wildman–Crippen MR) is 147 cm³/mol. The van der Waals surface area contributed by atoms with Crippen molar-refractivity contribution in [2.45, 2.75) is 38.5 Å². The lowest BCUT2D eigenvalue weighted by Crippen LogP contribution is -2.39. The van der Waals surface area contributed by atoms with E-state index in [9.17, 15) is 38.3 Å². The van der Waals surface area contributed by atoms with Gasteiger partial charge in [-0.25, -0.2) is 13.9 Å². The average Bonchev–Trinajstić information content (AvgIpc) is 2.88. The second-order valence-corrected chi connectivity index (χ2v) is 11.7. The average molecular weight is 637 g/mol. The number of esters is 1. The Morgan fingerprint density at radius 2 is 1.61 bits per heavy atom. The van der Waals surface area contributed by atoms with Crippen LogP contribution in [0.1, 0.15) is 54.4 Å². The number of phosphoric acid groups is 2. The SMILES string of the molecule is O=C1OCCC=CCCC=C/C(NOCC(=O)N2CCCCC2)=C/c2c(Cl)c(OP(=O)(O)O)cc(OP(=O)(O)O)c21. The van der Waals surface area contributed by atoms with E-state index in [1.54, 1.807) is 17.1 Å². The lowest BCUT2D eigenvalue weighted by Gasteiger charge is -2.26. The molecule has 0 atom stereocenters. The number of fused-ring (bicyclic) bond motifs is 1. The monoisotopic (exact) mass is 636 g/mol. The molecular weight excluding hydrogens is 606 g/mol. The van der Waals surface area contributed by atoms with Crippen LogP contribution in [-0.4, -0.2) is 62.7 Å².